The summed E-state index contributed by atoms with van der Waals surface area (Å²) >= 11 is 0. The SMILES string of the molecule is COc1ccc(C2=C(O)c3c(CO)cc(O[C@@H]4O[C@H](C(=O)O)[C@]5(C=c6cc[n-]c6=CO5)[C@H](O)[C@H]4O)cc3OC2)cc1. The van der Waals surface area contributed by atoms with Crippen LogP contribution in [0.15, 0.2) is 48.7 Å². The molecule has 12 heteroatoms. The van der Waals surface area contributed by atoms with Crippen molar-refractivity contribution >= 4 is 29.6 Å². The van der Waals surface area contributed by atoms with Gasteiger partial charge in [-0.1, -0.05) is 23.5 Å². The number of rotatable bonds is 6. The van der Waals surface area contributed by atoms with Gasteiger partial charge in [-0.2, -0.15) is 6.20 Å². The van der Waals surface area contributed by atoms with Crippen LogP contribution < -0.4 is 29.8 Å². The third kappa shape index (κ3) is 4.37. The molecule has 0 radical (unpaired) electrons. The van der Waals surface area contributed by atoms with Crippen LogP contribution in [0.1, 0.15) is 16.7 Å². The van der Waals surface area contributed by atoms with Crippen LogP contribution in [0, 0.1) is 0 Å². The lowest BCUT2D eigenvalue weighted by molar-refractivity contribution is -0.286. The van der Waals surface area contributed by atoms with Crippen molar-refractivity contribution in [3.63, 3.8) is 0 Å². The number of methoxy groups -OCH3 is 1. The molecule has 5 atom stereocenters. The lowest BCUT2D eigenvalue weighted by atomic mass is 9.82. The van der Waals surface area contributed by atoms with E-state index < -0.39 is 42.8 Å². The van der Waals surface area contributed by atoms with Crippen molar-refractivity contribution in [2.75, 3.05) is 13.7 Å². The average Bonchev–Trinajstić information content (AvgIpc) is 3.45. The molecule has 6 rings (SSSR count). The summed E-state index contributed by atoms with van der Waals surface area (Å²) in [5.74, 6) is -0.674. The zero-order valence-corrected chi connectivity index (χ0v) is 21.6. The third-order valence-electron chi connectivity index (χ3n) is 7.40. The number of aliphatic hydroxyl groups is 4. The third-order valence-corrected chi connectivity index (χ3v) is 7.40. The summed E-state index contributed by atoms with van der Waals surface area (Å²) in [6.45, 7) is -0.498. The Morgan fingerprint density at radius 3 is 2.63 bits per heavy atom. The van der Waals surface area contributed by atoms with Gasteiger partial charge in [0.1, 0.15) is 41.8 Å². The highest BCUT2D eigenvalue weighted by Gasteiger charge is 2.60. The molecule has 3 aliphatic rings. The van der Waals surface area contributed by atoms with Gasteiger partial charge in [0.2, 0.25) is 12.4 Å². The first-order valence-electron chi connectivity index (χ1n) is 12.6. The van der Waals surface area contributed by atoms with Gasteiger partial charge in [-0.15, -0.1) is 0 Å². The van der Waals surface area contributed by atoms with Crippen molar-refractivity contribution in [1.82, 2.24) is 4.98 Å². The molecule has 1 spiro atoms. The monoisotopic (exact) mass is 564 g/mol. The van der Waals surface area contributed by atoms with E-state index in [9.17, 15) is 30.3 Å². The van der Waals surface area contributed by atoms with Crippen molar-refractivity contribution in [2.24, 2.45) is 0 Å². The zero-order valence-electron chi connectivity index (χ0n) is 21.6. The van der Waals surface area contributed by atoms with Crippen LogP contribution in [0.2, 0.25) is 0 Å². The molecule has 214 valence electrons. The number of aliphatic carboxylic acids is 1. The smallest absolute Gasteiger partial charge is 0.337 e. The van der Waals surface area contributed by atoms with Gasteiger partial charge in [0.25, 0.3) is 0 Å². The van der Waals surface area contributed by atoms with Gasteiger partial charge in [0.15, 0.2) is 5.60 Å². The normalized spacial score (nSPS) is 26.5. The fraction of sp³-hybridized carbons (Fsp3) is 0.276. The minimum Gasteiger partial charge on any atom is -0.661 e. The molecule has 3 aromatic rings. The fourth-order valence-electron chi connectivity index (χ4n) is 5.28. The van der Waals surface area contributed by atoms with Crippen LogP contribution >= 0.6 is 0 Å². The van der Waals surface area contributed by atoms with E-state index in [0.717, 1.165) is 0 Å². The number of fused-ring (bicyclic) bond motifs is 2. The predicted octanol–water partition coefficient (Wildman–Crippen LogP) is -0.139. The summed E-state index contributed by atoms with van der Waals surface area (Å²) in [5.41, 5.74) is -0.256. The molecule has 1 saturated heterocycles. The first-order valence-corrected chi connectivity index (χ1v) is 12.6. The Balaban J connectivity index is 1.31. The highest BCUT2D eigenvalue weighted by atomic mass is 16.7. The molecule has 1 aromatic heterocycles. The number of carboxylic acid groups (broad SMARTS) is 1. The van der Waals surface area contributed by atoms with E-state index in [-0.39, 0.29) is 35.0 Å². The molecule has 41 heavy (non-hydrogen) atoms. The maximum absolute atomic E-state index is 12.2. The summed E-state index contributed by atoms with van der Waals surface area (Å²) in [7, 11) is 1.55. The lowest BCUT2D eigenvalue weighted by Gasteiger charge is -2.47. The number of hydrogen-bond donors (Lipinski definition) is 5. The molecule has 0 saturated carbocycles. The Hall–Kier alpha value is -4.49. The summed E-state index contributed by atoms with van der Waals surface area (Å²) in [4.78, 5) is 16.3. The summed E-state index contributed by atoms with van der Waals surface area (Å²) in [5, 5.41) is 54.2. The zero-order chi connectivity index (χ0) is 28.9. The van der Waals surface area contributed by atoms with Gasteiger partial charge < -0.3 is 54.2 Å². The number of ether oxygens (including phenoxy) is 5. The maximum atomic E-state index is 12.2. The number of aromatic nitrogens is 1. The summed E-state index contributed by atoms with van der Waals surface area (Å²) < 4.78 is 28.1. The molecule has 2 aromatic carbocycles. The molecule has 5 N–H and O–H groups in total. The van der Waals surface area contributed by atoms with Crippen molar-refractivity contribution in [3.8, 4) is 17.2 Å². The first kappa shape index (κ1) is 26.7. The second-order valence-corrected chi connectivity index (χ2v) is 9.75. The largest absolute Gasteiger partial charge is 0.661 e. The second kappa shape index (κ2) is 10.2. The van der Waals surface area contributed by atoms with Crippen molar-refractivity contribution in [2.45, 2.75) is 36.8 Å². The van der Waals surface area contributed by atoms with E-state index in [1.54, 1.807) is 37.4 Å². The Kier molecular flexibility index (Phi) is 6.62. The van der Waals surface area contributed by atoms with Gasteiger partial charge in [-0.3, -0.25) is 0 Å². The Morgan fingerprint density at radius 2 is 1.93 bits per heavy atom. The molecule has 3 aliphatic heterocycles. The van der Waals surface area contributed by atoms with Crippen molar-refractivity contribution < 1.29 is 54.0 Å². The number of hydrogen-bond acceptors (Lipinski definition) is 10. The van der Waals surface area contributed by atoms with E-state index in [1.807, 2.05) is 0 Å². The fourth-order valence-corrected chi connectivity index (χ4v) is 5.28. The van der Waals surface area contributed by atoms with Crippen LogP contribution in [0.3, 0.4) is 0 Å². The molecule has 0 unspecified atom stereocenters. The van der Waals surface area contributed by atoms with Gasteiger partial charge in [0, 0.05) is 11.6 Å². The highest BCUT2D eigenvalue weighted by molar-refractivity contribution is 5.92. The van der Waals surface area contributed by atoms with E-state index in [4.69, 9.17) is 23.7 Å². The van der Waals surface area contributed by atoms with Crippen LogP contribution in [-0.2, 0) is 20.9 Å². The highest BCUT2D eigenvalue weighted by Crippen LogP contribution is 2.42. The minimum atomic E-state index is -1.95. The Morgan fingerprint density at radius 1 is 1.15 bits per heavy atom. The number of benzene rings is 2. The van der Waals surface area contributed by atoms with Crippen LogP contribution in [0.4, 0.5) is 0 Å². The summed E-state index contributed by atoms with van der Waals surface area (Å²) in [6, 6.07) is 11.5. The van der Waals surface area contributed by atoms with E-state index in [2.05, 4.69) is 4.98 Å². The van der Waals surface area contributed by atoms with Crippen LogP contribution in [0.25, 0.3) is 23.7 Å². The number of aliphatic hydroxyl groups excluding tert-OH is 4. The molecule has 1 fully saturated rings. The van der Waals surface area contributed by atoms with Crippen molar-refractivity contribution in [3.05, 3.63) is 75.9 Å². The lowest BCUT2D eigenvalue weighted by Crippen LogP contribution is -2.69. The topological polar surface area (TPSA) is 178 Å². The van der Waals surface area contributed by atoms with E-state index in [0.29, 0.717) is 27.5 Å². The second-order valence-electron chi connectivity index (χ2n) is 9.75. The molecule has 4 heterocycles. The number of nitrogens with zero attached hydrogens (tertiary/aromatic N) is 1. The van der Waals surface area contributed by atoms with Crippen LogP contribution in [-0.4, -0.2) is 75.4 Å². The molecular weight excluding hydrogens is 538 g/mol. The number of carboxylic acids is 1. The molecule has 0 aliphatic carbocycles. The Bertz CT molecular complexity index is 1640. The van der Waals surface area contributed by atoms with Gasteiger partial charge in [0.05, 0.1) is 25.5 Å². The Labute approximate surface area is 232 Å². The number of carbonyl (C=O) groups is 1. The summed E-state index contributed by atoms with van der Waals surface area (Å²) in [6.07, 6.45) is -2.85. The average molecular weight is 565 g/mol. The molecule has 0 amide bonds. The standard InChI is InChI=1S/C29H26NO11/c1-37-17-4-2-14(3-5-17)19-12-38-21-9-18(8-16(11-31)22(21)23(19)32)40-28-24(33)25(34)29(26(41-28)27(35)36)10-15-6-7-30-20(15)13-39-29/h2-10,13,24-26,28,31-34H,11-12H2,1H3,(H,35,36)/q-1/t24-,25-,26-,28-,29+/m1/s1. The van der Waals surface area contributed by atoms with Gasteiger partial charge >= 0.3 is 5.97 Å². The van der Waals surface area contributed by atoms with Crippen molar-refractivity contribution in [1.29, 1.82) is 0 Å². The molecule has 12 nitrogen and oxygen atoms in total. The molecular formula is C29H26NO11-. The van der Waals surface area contributed by atoms with Crippen LogP contribution in [0.5, 0.6) is 17.2 Å². The van der Waals surface area contributed by atoms with Gasteiger partial charge in [-0.25, -0.2) is 4.79 Å². The molecule has 0 bridgehead atoms. The van der Waals surface area contributed by atoms with Gasteiger partial charge in [-0.05, 0) is 40.6 Å². The minimum absolute atomic E-state index is 0.00655. The van der Waals surface area contributed by atoms with E-state index in [1.165, 1.54) is 30.7 Å². The maximum Gasteiger partial charge on any atom is 0.337 e. The quantitative estimate of drug-likeness (QED) is 0.268. The first-order chi connectivity index (χ1) is 19.8. The predicted molar refractivity (Wildman–Crippen MR) is 141 cm³/mol. The van der Waals surface area contributed by atoms with E-state index >= 15 is 0 Å².